The molecule has 2 aromatic rings. The van der Waals surface area contributed by atoms with Crippen LogP contribution in [0.3, 0.4) is 0 Å². The molecule has 0 heterocycles. The Balaban J connectivity index is 1.97. The minimum atomic E-state index is -0.504. The molecule has 0 aliphatic heterocycles. The molecule has 2 amide bonds. The zero-order valence-corrected chi connectivity index (χ0v) is 19.2. The van der Waals surface area contributed by atoms with Gasteiger partial charge in [0.25, 0.3) is 11.8 Å². The molecule has 31 heavy (non-hydrogen) atoms. The van der Waals surface area contributed by atoms with Gasteiger partial charge in [-0.05, 0) is 42.5 Å². The van der Waals surface area contributed by atoms with Gasteiger partial charge in [-0.3, -0.25) is 25.8 Å². The summed E-state index contributed by atoms with van der Waals surface area (Å²) < 4.78 is 16.7. The third-order valence-electron chi connectivity index (χ3n) is 3.74. The van der Waals surface area contributed by atoms with Gasteiger partial charge in [-0.25, -0.2) is 0 Å². The molecule has 164 valence electrons. The van der Waals surface area contributed by atoms with E-state index in [1.54, 1.807) is 55.7 Å². The fraction of sp³-hybridized carbons (Fsp3) is 0.190. The van der Waals surface area contributed by atoms with E-state index in [1.807, 2.05) is 0 Å². The summed E-state index contributed by atoms with van der Waals surface area (Å²) in [5, 5.41) is 2.41. The summed E-state index contributed by atoms with van der Waals surface area (Å²) in [4.78, 5) is 25.1. The predicted molar refractivity (Wildman–Crippen MR) is 124 cm³/mol. The number of halogens is 1. The number of ether oxygens (including phenoxy) is 3. The van der Waals surface area contributed by atoms with E-state index in [2.05, 4.69) is 38.7 Å². The molecular formula is C21H22BrN3O5S. The van der Waals surface area contributed by atoms with Crippen LogP contribution in [0.1, 0.15) is 20.7 Å². The molecule has 0 atom stereocenters. The van der Waals surface area contributed by atoms with Crippen LogP contribution in [0, 0.1) is 0 Å². The SMILES string of the molecule is C=CCOc1ccccc1C(=O)NNC(=S)NC(=O)c1cc(Br)ccc1OCCOC. The average molecular weight is 508 g/mol. The first-order chi connectivity index (χ1) is 15.0. The van der Waals surface area contributed by atoms with Crippen molar-refractivity contribution < 1.29 is 23.8 Å². The average Bonchev–Trinajstić information content (AvgIpc) is 2.77. The van der Waals surface area contributed by atoms with E-state index in [9.17, 15) is 9.59 Å². The molecule has 0 aliphatic carbocycles. The Labute approximate surface area is 194 Å². The van der Waals surface area contributed by atoms with E-state index < -0.39 is 11.8 Å². The molecule has 3 N–H and O–H groups in total. The number of hydrazine groups is 1. The van der Waals surface area contributed by atoms with E-state index >= 15 is 0 Å². The summed E-state index contributed by atoms with van der Waals surface area (Å²) >= 11 is 8.44. The number of hydrogen-bond acceptors (Lipinski definition) is 6. The standard InChI is InChI=1S/C21H22BrN3O5S/c1-3-10-29-17-7-5-4-6-15(17)20(27)24-25-21(31)23-19(26)16-13-14(22)8-9-18(16)30-12-11-28-2/h3-9,13H,1,10-12H2,2H3,(H,24,27)(H2,23,25,26,31). The van der Waals surface area contributed by atoms with Gasteiger partial charge >= 0.3 is 0 Å². The first-order valence-corrected chi connectivity index (χ1v) is 10.3. The van der Waals surface area contributed by atoms with Crippen molar-refractivity contribution in [1.29, 1.82) is 0 Å². The van der Waals surface area contributed by atoms with Crippen LogP contribution in [-0.4, -0.2) is 43.9 Å². The van der Waals surface area contributed by atoms with Gasteiger partial charge in [-0.2, -0.15) is 0 Å². The van der Waals surface area contributed by atoms with Crippen LogP contribution in [0.25, 0.3) is 0 Å². The Morgan fingerprint density at radius 1 is 1.03 bits per heavy atom. The lowest BCUT2D eigenvalue weighted by Crippen LogP contribution is -2.48. The van der Waals surface area contributed by atoms with Crippen molar-refractivity contribution in [2.24, 2.45) is 0 Å². The molecule has 0 bridgehead atoms. The highest BCUT2D eigenvalue weighted by Gasteiger charge is 2.16. The number of carbonyl (C=O) groups excluding carboxylic acids is 2. The zero-order chi connectivity index (χ0) is 22.6. The minimum Gasteiger partial charge on any atom is -0.490 e. The highest BCUT2D eigenvalue weighted by molar-refractivity contribution is 9.10. The third-order valence-corrected chi connectivity index (χ3v) is 4.43. The lowest BCUT2D eigenvalue weighted by molar-refractivity contribution is 0.0930. The Hall–Kier alpha value is -2.95. The first-order valence-electron chi connectivity index (χ1n) is 9.12. The number of thiocarbonyl (C=S) groups is 1. The maximum Gasteiger partial charge on any atom is 0.273 e. The number of carbonyl (C=O) groups is 2. The molecule has 0 unspecified atom stereocenters. The van der Waals surface area contributed by atoms with Gasteiger partial charge in [-0.1, -0.05) is 40.7 Å². The molecule has 8 nitrogen and oxygen atoms in total. The van der Waals surface area contributed by atoms with Crippen molar-refractivity contribution in [3.8, 4) is 11.5 Å². The lowest BCUT2D eigenvalue weighted by Gasteiger charge is -2.14. The highest BCUT2D eigenvalue weighted by Crippen LogP contribution is 2.23. The van der Waals surface area contributed by atoms with Crippen LogP contribution < -0.4 is 25.6 Å². The first kappa shape index (κ1) is 24.3. The molecule has 10 heteroatoms. The Bertz CT molecular complexity index is 954. The summed E-state index contributed by atoms with van der Waals surface area (Å²) in [5.74, 6) is -0.223. The number of amides is 2. The van der Waals surface area contributed by atoms with Gasteiger partial charge in [0.2, 0.25) is 0 Å². The summed E-state index contributed by atoms with van der Waals surface area (Å²) in [6, 6.07) is 11.7. The number of rotatable bonds is 9. The van der Waals surface area contributed by atoms with E-state index in [0.29, 0.717) is 28.1 Å². The van der Waals surface area contributed by atoms with Gasteiger partial charge in [0, 0.05) is 11.6 Å². The second kappa shape index (κ2) is 12.7. The molecule has 0 aliphatic rings. The summed E-state index contributed by atoms with van der Waals surface area (Å²) in [7, 11) is 1.56. The smallest absolute Gasteiger partial charge is 0.273 e. The number of hydrogen-bond donors (Lipinski definition) is 3. The van der Waals surface area contributed by atoms with Crippen LogP contribution in [0.5, 0.6) is 11.5 Å². The molecule has 0 fully saturated rings. The molecule has 0 saturated carbocycles. The second-order valence-electron chi connectivity index (χ2n) is 5.94. The molecular weight excluding hydrogens is 486 g/mol. The quantitative estimate of drug-likeness (QED) is 0.207. The largest absolute Gasteiger partial charge is 0.490 e. The monoisotopic (exact) mass is 507 g/mol. The van der Waals surface area contributed by atoms with Crippen molar-refractivity contribution >= 4 is 45.1 Å². The van der Waals surface area contributed by atoms with Crippen molar-refractivity contribution in [1.82, 2.24) is 16.2 Å². The van der Waals surface area contributed by atoms with E-state index in [1.165, 1.54) is 0 Å². The number of nitrogens with one attached hydrogen (secondary N) is 3. The van der Waals surface area contributed by atoms with Crippen molar-refractivity contribution in [2.45, 2.75) is 0 Å². The molecule has 0 radical (unpaired) electrons. The number of methoxy groups -OCH3 is 1. The molecule has 0 spiro atoms. The van der Waals surface area contributed by atoms with Crippen molar-refractivity contribution in [3.63, 3.8) is 0 Å². The van der Waals surface area contributed by atoms with Crippen molar-refractivity contribution in [2.75, 3.05) is 26.9 Å². The van der Waals surface area contributed by atoms with E-state index in [-0.39, 0.29) is 23.9 Å². The minimum absolute atomic E-state index is 0.0920. The summed E-state index contributed by atoms with van der Waals surface area (Å²) in [6.45, 7) is 4.50. The molecule has 2 rings (SSSR count). The van der Waals surface area contributed by atoms with Crippen LogP contribution in [0.4, 0.5) is 0 Å². The maximum atomic E-state index is 12.6. The highest BCUT2D eigenvalue weighted by atomic mass is 79.9. The Morgan fingerprint density at radius 2 is 1.77 bits per heavy atom. The van der Waals surface area contributed by atoms with Gasteiger partial charge in [0.1, 0.15) is 24.7 Å². The van der Waals surface area contributed by atoms with Crippen LogP contribution >= 0.6 is 28.1 Å². The van der Waals surface area contributed by atoms with Gasteiger partial charge in [0.15, 0.2) is 5.11 Å². The van der Waals surface area contributed by atoms with Gasteiger partial charge in [0.05, 0.1) is 17.7 Å². The second-order valence-corrected chi connectivity index (χ2v) is 7.26. The Morgan fingerprint density at radius 3 is 2.52 bits per heavy atom. The third kappa shape index (κ3) is 7.67. The molecule has 0 saturated heterocycles. The van der Waals surface area contributed by atoms with E-state index in [4.69, 9.17) is 26.4 Å². The van der Waals surface area contributed by atoms with Gasteiger partial charge in [-0.15, -0.1) is 0 Å². The molecule has 2 aromatic carbocycles. The number of benzene rings is 2. The van der Waals surface area contributed by atoms with Gasteiger partial charge < -0.3 is 14.2 Å². The zero-order valence-electron chi connectivity index (χ0n) is 16.8. The summed E-state index contributed by atoms with van der Waals surface area (Å²) in [6.07, 6.45) is 1.58. The fourth-order valence-electron chi connectivity index (χ4n) is 2.35. The molecule has 0 aromatic heterocycles. The van der Waals surface area contributed by atoms with Crippen LogP contribution in [0.2, 0.25) is 0 Å². The number of para-hydroxylation sites is 1. The summed E-state index contributed by atoms with van der Waals surface area (Å²) in [5.41, 5.74) is 5.50. The predicted octanol–water partition coefficient (Wildman–Crippen LogP) is 2.99. The normalized spacial score (nSPS) is 10.0. The lowest BCUT2D eigenvalue weighted by atomic mass is 10.2. The van der Waals surface area contributed by atoms with Crippen LogP contribution in [-0.2, 0) is 4.74 Å². The van der Waals surface area contributed by atoms with Crippen LogP contribution in [0.15, 0.2) is 59.6 Å². The maximum absolute atomic E-state index is 12.6. The van der Waals surface area contributed by atoms with E-state index in [0.717, 1.165) is 0 Å². The fourth-order valence-corrected chi connectivity index (χ4v) is 2.86. The van der Waals surface area contributed by atoms with Crippen molar-refractivity contribution in [3.05, 3.63) is 70.7 Å². The Kier molecular flexibility index (Phi) is 9.95. The topological polar surface area (TPSA) is 97.9 Å².